The molecule has 5 rings (SSSR count). The van der Waals surface area contributed by atoms with Gasteiger partial charge in [-0.2, -0.15) is 0 Å². The number of aromatic nitrogens is 4. The van der Waals surface area contributed by atoms with Crippen molar-refractivity contribution in [3.8, 4) is 17.1 Å². The highest BCUT2D eigenvalue weighted by Gasteiger charge is 2.21. The van der Waals surface area contributed by atoms with E-state index in [1.54, 1.807) is 34.2 Å². The van der Waals surface area contributed by atoms with Crippen LogP contribution < -0.4 is 5.32 Å². The molecule has 6 nitrogen and oxygen atoms in total. The fourth-order valence-electron chi connectivity index (χ4n) is 3.73. The fourth-order valence-corrected chi connectivity index (χ4v) is 5.69. The van der Waals surface area contributed by atoms with Gasteiger partial charge in [-0.05, 0) is 36.8 Å². The molecule has 1 atom stereocenters. The number of thioether (sulfide) groups is 1. The number of thiazole rings is 1. The Labute approximate surface area is 226 Å². The summed E-state index contributed by atoms with van der Waals surface area (Å²) in [6.45, 7) is 1.93. The second-order valence-corrected chi connectivity index (χ2v) is 10.4. The minimum atomic E-state index is -0.404. The largest absolute Gasteiger partial charge is 0.344 e. The summed E-state index contributed by atoms with van der Waals surface area (Å²) in [5.41, 5.74) is 2.34. The highest BCUT2D eigenvalue weighted by molar-refractivity contribution is 7.98. The predicted octanol–water partition coefficient (Wildman–Crippen LogP) is 6.97. The van der Waals surface area contributed by atoms with Crippen LogP contribution >= 0.6 is 34.7 Å². The lowest BCUT2D eigenvalue weighted by molar-refractivity contribution is 0.0935. The van der Waals surface area contributed by atoms with E-state index in [1.807, 2.05) is 55.5 Å². The Morgan fingerprint density at radius 2 is 1.78 bits per heavy atom. The number of nitrogens with zero attached hydrogens (tertiary/aromatic N) is 4. The van der Waals surface area contributed by atoms with Crippen molar-refractivity contribution in [2.24, 2.45) is 0 Å². The maximum absolute atomic E-state index is 14.8. The molecule has 0 saturated heterocycles. The first kappa shape index (κ1) is 25.1. The number of hydrogen-bond donors (Lipinski definition) is 1. The summed E-state index contributed by atoms with van der Waals surface area (Å²) in [4.78, 5) is 17.2. The zero-order valence-corrected chi connectivity index (χ0v) is 22.0. The molecule has 0 spiro atoms. The Hall–Kier alpha value is -3.53. The molecule has 1 unspecified atom stereocenters. The van der Waals surface area contributed by atoms with Crippen LogP contribution in [0, 0.1) is 5.82 Å². The van der Waals surface area contributed by atoms with Crippen molar-refractivity contribution in [1.82, 2.24) is 25.1 Å². The summed E-state index contributed by atoms with van der Waals surface area (Å²) in [5.74, 6) is 0.228. The summed E-state index contributed by atoms with van der Waals surface area (Å²) in [5, 5.41) is 15.1. The third-order valence-electron chi connectivity index (χ3n) is 5.60. The quantitative estimate of drug-likeness (QED) is 0.212. The molecule has 0 bridgehead atoms. The van der Waals surface area contributed by atoms with Gasteiger partial charge in [0.1, 0.15) is 16.5 Å². The lowest BCUT2D eigenvalue weighted by Gasteiger charge is -2.13. The van der Waals surface area contributed by atoms with Crippen molar-refractivity contribution >= 4 is 40.6 Å². The molecule has 1 amide bonds. The molecule has 37 heavy (non-hydrogen) atoms. The summed E-state index contributed by atoms with van der Waals surface area (Å²) >= 11 is 9.16. The van der Waals surface area contributed by atoms with E-state index in [9.17, 15) is 9.18 Å². The monoisotopic (exact) mass is 549 g/mol. The van der Waals surface area contributed by atoms with E-state index in [2.05, 4.69) is 20.5 Å². The second kappa shape index (κ2) is 11.2. The molecule has 0 aliphatic heterocycles. The van der Waals surface area contributed by atoms with Crippen LogP contribution in [0.4, 0.5) is 4.39 Å². The molecular weight excluding hydrogens is 529 g/mol. The van der Waals surface area contributed by atoms with Gasteiger partial charge in [0.25, 0.3) is 5.91 Å². The van der Waals surface area contributed by atoms with Crippen LogP contribution in [0.2, 0.25) is 5.02 Å². The highest BCUT2D eigenvalue weighted by atomic mass is 35.5. The third-order valence-corrected chi connectivity index (χ3v) is 7.90. The average molecular weight is 550 g/mol. The number of carbonyl (C=O) groups excluding carboxylic acids is 1. The van der Waals surface area contributed by atoms with E-state index >= 15 is 0 Å². The van der Waals surface area contributed by atoms with E-state index in [0.29, 0.717) is 38.7 Å². The molecule has 3 aromatic carbocycles. The van der Waals surface area contributed by atoms with Crippen LogP contribution in [-0.2, 0) is 5.75 Å². The van der Waals surface area contributed by atoms with Crippen LogP contribution in [0.5, 0.6) is 0 Å². The van der Waals surface area contributed by atoms with Gasteiger partial charge in [0.05, 0.1) is 22.5 Å². The topological polar surface area (TPSA) is 72.7 Å². The van der Waals surface area contributed by atoms with Gasteiger partial charge >= 0.3 is 0 Å². The number of carbonyl (C=O) groups is 1. The summed E-state index contributed by atoms with van der Waals surface area (Å²) in [6.07, 6.45) is 0. The third kappa shape index (κ3) is 5.58. The smallest absolute Gasteiger partial charge is 0.271 e. The fraction of sp³-hybridized carbons (Fsp3) is 0.111. The van der Waals surface area contributed by atoms with Gasteiger partial charge < -0.3 is 5.32 Å². The normalized spacial score (nSPS) is 11.9. The molecule has 2 aromatic heterocycles. The number of hydrogen-bond acceptors (Lipinski definition) is 6. The number of benzene rings is 3. The molecule has 0 fully saturated rings. The standard InChI is InChI=1S/C27H21ClFN5OS2/c1-17(18-9-3-2-4-10-18)30-26(35)22-15-36-24(31-22)16-37-27-33-32-25(19-11-5-6-12-20(19)28)34(27)23-14-8-7-13-21(23)29/h2-15,17H,16H2,1H3,(H,30,35). The second-order valence-electron chi connectivity index (χ2n) is 8.09. The first-order chi connectivity index (χ1) is 18.0. The Bertz CT molecular complexity index is 1540. The molecule has 1 N–H and O–H groups in total. The van der Waals surface area contributed by atoms with Crippen molar-refractivity contribution in [1.29, 1.82) is 0 Å². The van der Waals surface area contributed by atoms with Gasteiger partial charge in [-0.3, -0.25) is 9.36 Å². The van der Waals surface area contributed by atoms with Crippen molar-refractivity contribution in [2.75, 3.05) is 0 Å². The van der Waals surface area contributed by atoms with Crippen LogP contribution in [0.15, 0.2) is 89.4 Å². The molecule has 10 heteroatoms. The Kier molecular flexibility index (Phi) is 7.64. The average Bonchev–Trinajstić information content (AvgIpc) is 3.56. The predicted molar refractivity (Wildman–Crippen MR) is 146 cm³/mol. The Morgan fingerprint density at radius 1 is 1.05 bits per heavy atom. The van der Waals surface area contributed by atoms with E-state index in [0.717, 1.165) is 10.6 Å². The van der Waals surface area contributed by atoms with Crippen LogP contribution in [0.3, 0.4) is 0 Å². The van der Waals surface area contributed by atoms with E-state index in [1.165, 1.54) is 29.2 Å². The van der Waals surface area contributed by atoms with Gasteiger partial charge in [-0.1, -0.05) is 78.0 Å². The summed E-state index contributed by atoms with van der Waals surface area (Å²) < 4.78 is 16.5. The van der Waals surface area contributed by atoms with Crippen molar-refractivity contribution in [2.45, 2.75) is 23.9 Å². The number of nitrogens with one attached hydrogen (secondary N) is 1. The SMILES string of the molecule is CC(NC(=O)c1csc(CSc2nnc(-c3ccccc3Cl)n2-c2ccccc2F)n1)c1ccccc1. The lowest BCUT2D eigenvalue weighted by Crippen LogP contribution is -2.26. The van der Waals surface area contributed by atoms with E-state index in [-0.39, 0.29) is 11.9 Å². The first-order valence-electron chi connectivity index (χ1n) is 11.4. The van der Waals surface area contributed by atoms with Crippen LogP contribution in [-0.4, -0.2) is 25.7 Å². The maximum Gasteiger partial charge on any atom is 0.271 e. The van der Waals surface area contributed by atoms with E-state index in [4.69, 9.17) is 11.6 Å². The maximum atomic E-state index is 14.8. The van der Waals surface area contributed by atoms with Crippen molar-refractivity contribution < 1.29 is 9.18 Å². The molecule has 0 aliphatic carbocycles. The van der Waals surface area contributed by atoms with E-state index < -0.39 is 5.82 Å². The number of halogens is 2. The Morgan fingerprint density at radius 3 is 2.57 bits per heavy atom. The summed E-state index contributed by atoms with van der Waals surface area (Å²) in [6, 6.07) is 23.3. The summed E-state index contributed by atoms with van der Waals surface area (Å²) in [7, 11) is 0. The van der Waals surface area contributed by atoms with Crippen LogP contribution in [0.25, 0.3) is 17.1 Å². The molecular formula is C27H21ClFN5OS2. The molecule has 0 aliphatic rings. The zero-order valence-electron chi connectivity index (χ0n) is 19.6. The van der Waals surface area contributed by atoms with Crippen molar-refractivity contribution in [3.05, 3.63) is 111 Å². The highest BCUT2D eigenvalue weighted by Crippen LogP contribution is 2.34. The minimum absolute atomic E-state index is 0.143. The molecule has 0 saturated carbocycles. The van der Waals surface area contributed by atoms with Gasteiger partial charge in [0.15, 0.2) is 11.0 Å². The first-order valence-corrected chi connectivity index (χ1v) is 13.6. The zero-order chi connectivity index (χ0) is 25.8. The Balaban J connectivity index is 1.36. The molecule has 186 valence electrons. The number of rotatable bonds is 8. The van der Waals surface area contributed by atoms with Gasteiger partial charge in [0, 0.05) is 10.9 Å². The van der Waals surface area contributed by atoms with Crippen molar-refractivity contribution in [3.63, 3.8) is 0 Å². The number of amides is 1. The lowest BCUT2D eigenvalue weighted by atomic mass is 10.1. The number of para-hydroxylation sites is 1. The van der Waals surface area contributed by atoms with Gasteiger partial charge in [-0.15, -0.1) is 21.5 Å². The van der Waals surface area contributed by atoms with Gasteiger partial charge in [0.2, 0.25) is 0 Å². The van der Waals surface area contributed by atoms with Gasteiger partial charge in [-0.25, -0.2) is 9.37 Å². The minimum Gasteiger partial charge on any atom is -0.344 e. The molecule has 2 heterocycles. The molecule has 0 radical (unpaired) electrons. The van der Waals surface area contributed by atoms with Crippen LogP contribution in [0.1, 0.15) is 34.0 Å². The molecule has 5 aromatic rings.